The molecule has 19 heavy (non-hydrogen) atoms. The van der Waals surface area contributed by atoms with Gasteiger partial charge in [0.2, 0.25) is 0 Å². The Morgan fingerprint density at radius 2 is 2.32 bits per heavy atom. The number of hydrogen-bond acceptors (Lipinski definition) is 3. The summed E-state index contributed by atoms with van der Waals surface area (Å²) >= 11 is 0. The summed E-state index contributed by atoms with van der Waals surface area (Å²) in [5, 5.41) is 8.67. The topological polar surface area (TPSA) is 53.4 Å². The van der Waals surface area contributed by atoms with E-state index in [0.717, 1.165) is 6.54 Å². The maximum Gasteiger partial charge on any atom is 0.255 e. The van der Waals surface area contributed by atoms with Gasteiger partial charge < -0.3 is 10.0 Å². The van der Waals surface area contributed by atoms with Gasteiger partial charge in [0.05, 0.1) is 5.56 Å². The Labute approximate surface area is 113 Å². The first-order valence-corrected chi connectivity index (χ1v) is 6.58. The number of carbonyl (C=O) groups is 1. The van der Waals surface area contributed by atoms with E-state index in [0.29, 0.717) is 23.6 Å². The largest absolute Gasteiger partial charge is 0.384 e. The molecule has 1 aromatic rings. The van der Waals surface area contributed by atoms with E-state index in [9.17, 15) is 4.79 Å². The van der Waals surface area contributed by atoms with Crippen molar-refractivity contribution < 1.29 is 9.90 Å². The molecule has 1 aromatic heterocycles. The Morgan fingerprint density at radius 1 is 1.53 bits per heavy atom. The summed E-state index contributed by atoms with van der Waals surface area (Å²) in [5.74, 6) is 6.01. The number of aromatic nitrogens is 1. The average molecular weight is 258 g/mol. The number of hydrogen-bond donors (Lipinski definition) is 1. The maximum absolute atomic E-state index is 12.4. The van der Waals surface area contributed by atoms with E-state index in [1.54, 1.807) is 18.5 Å². The summed E-state index contributed by atoms with van der Waals surface area (Å²) in [4.78, 5) is 18.3. The Kier molecular flexibility index (Phi) is 4.53. The zero-order valence-electron chi connectivity index (χ0n) is 11.1. The lowest BCUT2D eigenvalue weighted by atomic mass is 10.2. The standard InChI is InChI=1S/C15H18N2O2/c1-2-17(11-12-5-6-12)15(19)14-8-13(4-3-7-18)9-16-10-14/h8-10,12,18H,2,5-7,11H2,1H3. The second-order valence-corrected chi connectivity index (χ2v) is 4.71. The van der Waals surface area contributed by atoms with Crippen molar-refractivity contribution in [3.8, 4) is 11.8 Å². The lowest BCUT2D eigenvalue weighted by Crippen LogP contribution is -2.32. The fourth-order valence-corrected chi connectivity index (χ4v) is 1.92. The van der Waals surface area contributed by atoms with Gasteiger partial charge in [0.1, 0.15) is 6.61 Å². The van der Waals surface area contributed by atoms with E-state index in [4.69, 9.17) is 5.11 Å². The number of amides is 1. The molecule has 1 amide bonds. The molecule has 100 valence electrons. The zero-order chi connectivity index (χ0) is 13.7. The second-order valence-electron chi connectivity index (χ2n) is 4.71. The minimum atomic E-state index is -0.194. The normalized spacial score (nSPS) is 13.6. The van der Waals surface area contributed by atoms with Crippen LogP contribution in [0, 0.1) is 17.8 Å². The van der Waals surface area contributed by atoms with Crippen LogP contribution >= 0.6 is 0 Å². The van der Waals surface area contributed by atoms with E-state index in [-0.39, 0.29) is 12.5 Å². The number of rotatable bonds is 4. The van der Waals surface area contributed by atoms with Crippen molar-refractivity contribution in [2.24, 2.45) is 5.92 Å². The van der Waals surface area contributed by atoms with Crippen molar-refractivity contribution >= 4 is 5.91 Å². The van der Waals surface area contributed by atoms with Gasteiger partial charge in [-0.3, -0.25) is 9.78 Å². The summed E-state index contributed by atoms with van der Waals surface area (Å²) in [6.45, 7) is 3.34. The van der Waals surface area contributed by atoms with Crippen LogP contribution < -0.4 is 0 Å². The number of pyridine rings is 1. The Morgan fingerprint density at radius 3 is 2.95 bits per heavy atom. The third-order valence-corrected chi connectivity index (χ3v) is 3.14. The molecule has 0 spiro atoms. The Bertz CT molecular complexity index is 512. The van der Waals surface area contributed by atoms with Crippen molar-refractivity contribution in [2.75, 3.05) is 19.7 Å². The molecular weight excluding hydrogens is 240 g/mol. The molecule has 4 nitrogen and oxygen atoms in total. The monoisotopic (exact) mass is 258 g/mol. The molecule has 1 saturated carbocycles. The first-order chi connectivity index (χ1) is 9.24. The second kappa shape index (κ2) is 6.35. The Hall–Kier alpha value is -1.86. The molecule has 0 aromatic carbocycles. The number of aliphatic hydroxyl groups is 1. The van der Waals surface area contributed by atoms with Crippen LogP contribution in [0.1, 0.15) is 35.7 Å². The molecule has 1 N–H and O–H groups in total. The molecule has 1 heterocycles. The van der Waals surface area contributed by atoms with E-state index >= 15 is 0 Å². The fraction of sp³-hybridized carbons (Fsp3) is 0.467. The molecule has 0 atom stereocenters. The van der Waals surface area contributed by atoms with Crippen molar-refractivity contribution in [1.29, 1.82) is 0 Å². The highest BCUT2D eigenvalue weighted by molar-refractivity contribution is 5.94. The van der Waals surface area contributed by atoms with Gasteiger partial charge in [-0.2, -0.15) is 0 Å². The van der Waals surface area contributed by atoms with E-state index in [1.165, 1.54) is 12.8 Å². The minimum Gasteiger partial charge on any atom is -0.384 e. The van der Waals surface area contributed by atoms with E-state index < -0.39 is 0 Å². The van der Waals surface area contributed by atoms with Crippen LogP contribution in [-0.4, -0.2) is 40.6 Å². The fourth-order valence-electron chi connectivity index (χ4n) is 1.92. The van der Waals surface area contributed by atoms with E-state index in [1.807, 2.05) is 11.8 Å². The first-order valence-electron chi connectivity index (χ1n) is 6.58. The van der Waals surface area contributed by atoms with Crippen molar-refractivity contribution in [3.05, 3.63) is 29.6 Å². The summed E-state index contributed by atoms with van der Waals surface area (Å²) in [5.41, 5.74) is 1.22. The summed E-state index contributed by atoms with van der Waals surface area (Å²) in [7, 11) is 0. The molecule has 1 aliphatic carbocycles. The average Bonchev–Trinajstić information content (AvgIpc) is 3.26. The number of nitrogens with zero attached hydrogens (tertiary/aromatic N) is 2. The van der Waals surface area contributed by atoms with Crippen LogP contribution in [-0.2, 0) is 0 Å². The summed E-state index contributed by atoms with van der Waals surface area (Å²) in [6.07, 6.45) is 5.62. The predicted molar refractivity (Wildman–Crippen MR) is 72.5 cm³/mol. The zero-order valence-corrected chi connectivity index (χ0v) is 11.1. The van der Waals surface area contributed by atoms with Crippen molar-refractivity contribution in [3.63, 3.8) is 0 Å². The van der Waals surface area contributed by atoms with Gasteiger partial charge in [0.15, 0.2) is 0 Å². The molecule has 0 bridgehead atoms. The summed E-state index contributed by atoms with van der Waals surface area (Å²) < 4.78 is 0. The number of aliphatic hydroxyl groups excluding tert-OH is 1. The van der Waals surface area contributed by atoms with Crippen LogP contribution in [0.3, 0.4) is 0 Å². The minimum absolute atomic E-state index is 0.00884. The molecule has 1 fully saturated rings. The molecule has 0 radical (unpaired) electrons. The number of carbonyl (C=O) groups excluding carboxylic acids is 1. The van der Waals surface area contributed by atoms with Gasteiger partial charge in [-0.15, -0.1) is 0 Å². The first kappa shape index (κ1) is 13.6. The van der Waals surface area contributed by atoms with Crippen LogP contribution in [0.15, 0.2) is 18.5 Å². The van der Waals surface area contributed by atoms with Gasteiger partial charge in [0, 0.05) is 31.0 Å². The van der Waals surface area contributed by atoms with Crippen LogP contribution in [0.5, 0.6) is 0 Å². The van der Waals surface area contributed by atoms with Crippen LogP contribution in [0.25, 0.3) is 0 Å². The predicted octanol–water partition coefficient (Wildman–Crippen LogP) is 1.30. The third kappa shape index (κ3) is 3.80. The lowest BCUT2D eigenvalue weighted by molar-refractivity contribution is 0.0756. The van der Waals surface area contributed by atoms with E-state index in [2.05, 4.69) is 16.8 Å². The molecule has 0 saturated heterocycles. The maximum atomic E-state index is 12.4. The quantitative estimate of drug-likeness (QED) is 0.828. The van der Waals surface area contributed by atoms with Crippen molar-refractivity contribution in [2.45, 2.75) is 19.8 Å². The van der Waals surface area contributed by atoms with Crippen molar-refractivity contribution in [1.82, 2.24) is 9.88 Å². The lowest BCUT2D eigenvalue weighted by Gasteiger charge is -2.20. The van der Waals surface area contributed by atoms with Crippen LogP contribution in [0.2, 0.25) is 0 Å². The summed E-state index contributed by atoms with van der Waals surface area (Å²) in [6, 6.07) is 1.73. The molecular formula is C15H18N2O2. The highest BCUT2D eigenvalue weighted by Crippen LogP contribution is 2.30. The van der Waals surface area contributed by atoms with Gasteiger partial charge in [-0.05, 0) is 31.7 Å². The molecule has 1 aliphatic rings. The van der Waals surface area contributed by atoms with Gasteiger partial charge in [-0.25, -0.2) is 0 Å². The molecule has 2 rings (SSSR count). The highest BCUT2D eigenvalue weighted by atomic mass is 16.2. The highest BCUT2D eigenvalue weighted by Gasteiger charge is 2.26. The smallest absolute Gasteiger partial charge is 0.255 e. The SMILES string of the molecule is CCN(CC1CC1)C(=O)c1cncc(C#CCO)c1. The van der Waals surface area contributed by atoms with Gasteiger partial charge in [-0.1, -0.05) is 11.8 Å². The van der Waals surface area contributed by atoms with Crippen LogP contribution in [0.4, 0.5) is 0 Å². The molecule has 0 unspecified atom stereocenters. The molecule has 4 heteroatoms. The van der Waals surface area contributed by atoms with Gasteiger partial charge in [0.25, 0.3) is 5.91 Å². The molecule has 0 aliphatic heterocycles. The third-order valence-electron chi connectivity index (χ3n) is 3.14. The van der Waals surface area contributed by atoms with Gasteiger partial charge >= 0.3 is 0 Å². The Balaban J connectivity index is 2.12.